The minimum atomic E-state index is -0.173. The molecule has 4 heteroatoms. The largest absolute Gasteiger partial charge is 0.468 e. The fourth-order valence-electron chi connectivity index (χ4n) is 1.35. The summed E-state index contributed by atoms with van der Waals surface area (Å²) in [6.07, 6.45) is 0. The molecule has 1 atom stereocenters. The number of benzene rings is 1. The average Bonchev–Trinajstić information content (AvgIpc) is 2.35. The second kappa shape index (κ2) is 7.30. The highest BCUT2D eigenvalue weighted by molar-refractivity contribution is 7.99. The fraction of sp³-hybridized carbons (Fsp3) is 0.417. The van der Waals surface area contributed by atoms with Crippen LogP contribution in [0.1, 0.15) is 11.6 Å². The summed E-state index contributed by atoms with van der Waals surface area (Å²) in [5.41, 5.74) is 1.24. The number of thioether (sulfide) groups is 1. The Morgan fingerprint density at radius 1 is 1.44 bits per heavy atom. The molecule has 0 saturated heterocycles. The van der Waals surface area contributed by atoms with Crippen molar-refractivity contribution in [3.63, 3.8) is 0 Å². The molecule has 1 rings (SSSR count). The molecule has 0 aromatic heterocycles. The maximum atomic E-state index is 11.0. The first-order valence-corrected chi connectivity index (χ1v) is 6.30. The Labute approximate surface area is 101 Å². The molecular formula is C12H17NO2S. The highest BCUT2D eigenvalue weighted by Crippen LogP contribution is 2.17. The lowest BCUT2D eigenvalue weighted by Crippen LogP contribution is -2.19. The van der Waals surface area contributed by atoms with E-state index in [0.717, 1.165) is 5.75 Å². The van der Waals surface area contributed by atoms with Crippen LogP contribution in [0, 0.1) is 0 Å². The van der Waals surface area contributed by atoms with Crippen molar-refractivity contribution in [2.45, 2.75) is 6.04 Å². The number of carbonyl (C=O) groups excluding carboxylic acids is 1. The van der Waals surface area contributed by atoms with Gasteiger partial charge in [0, 0.05) is 11.8 Å². The molecule has 0 bridgehead atoms. The number of hydrogen-bond acceptors (Lipinski definition) is 4. The number of carbonyl (C=O) groups is 1. The van der Waals surface area contributed by atoms with Crippen LogP contribution >= 0.6 is 11.8 Å². The Morgan fingerprint density at radius 3 is 2.69 bits per heavy atom. The van der Waals surface area contributed by atoms with Crippen LogP contribution in [0.2, 0.25) is 0 Å². The molecule has 0 aliphatic heterocycles. The zero-order valence-corrected chi connectivity index (χ0v) is 10.4. The van der Waals surface area contributed by atoms with Gasteiger partial charge in [0.2, 0.25) is 0 Å². The summed E-state index contributed by atoms with van der Waals surface area (Å²) in [5, 5.41) is 3.24. The van der Waals surface area contributed by atoms with Gasteiger partial charge >= 0.3 is 5.97 Å². The number of ether oxygens (including phenoxy) is 1. The van der Waals surface area contributed by atoms with Crippen molar-refractivity contribution in [1.29, 1.82) is 0 Å². The van der Waals surface area contributed by atoms with Crippen LogP contribution in [0.3, 0.4) is 0 Å². The molecule has 3 nitrogen and oxygen atoms in total. The predicted molar refractivity (Wildman–Crippen MR) is 67.6 cm³/mol. The second-order valence-corrected chi connectivity index (χ2v) is 4.37. The van der Waals surface area contributed by atoms with E-state index < -0.39 is 0 Å². The van der Waals surface area contributed by atoms with Crippen LogP contribution in [-0.4, -0.2) is 31.6 Å². The molecule has 0 aliphatic carbocycles. The minimum absolute atomic E-state index is 0.173. The Hall–Kier alpha value is -1.00. The van der Waals surface area contributed by atoms with E-state index in [1.807, 2.05) is 25.2 Å². The molecule has 0 radical (unpaired) electrons. The van der Waals surface area contributed by atoms with E-state index in [1.165, 1.54) is 12.7 Å². The smallest absolute Gasteiger partial charge is 0.315 e. The third-order valence-electron chi connectivity index (χ3n) is 2.28. The summed E-state index contributed by atoms with van der Waals surface area (Å²) in [6.45, 7) is 0. The highest BCUT2D eigenvalue weighted by atomic mass is 32.2. The average molecular weight is 239 g/mol. The maximum Gasteiger partial charge on any atom is 0.315 e. The van der Waals surface area contributed by atoms with E-state index in [9.17, 15) is 4.79 Å². The first-order valence-electron chi connectivity index (χ1n) is 5.14. The third kappa shape index (κ3) is 4.24. The molecule has 16 heavy (non-hydrogen) atoms. The molecule has 1 N–H and O–H groups in total. The SMILES string of the molecule is CNC(CSCC(=O)OC)c1ccccc1. The first kappa shape index (κ1) is 13.1. The van der Waals surface area contributed by atoms with Gasteiger partial charge in [-0.1, -0.05) is 30.3 Å². The van der Waals surface area contributed by atoms with Crippen LogP contribution in [0.4, 0.5) is 0 Å². The van der Waals surface area contributed by atoms with E-state index in [4.69, 9.17) is 0 Å². The van der Waals surface area contributed by atoms with E-state index in [-0.39, 0.29) is 12.0 Å². The lowest BCUT2D eigenvalue weighted by molar-refractivity contribution is -0.137. The molecule has 0 saturated carbocycles. The molecule has 1 aromatic rings. The van der Waals surface area contributed by atoms with Gasteiger partial charge in [0.25, 0.3) is 0 Å². The summed E-state index contributed by atoms with van der Waals surface area (Å²) in [6, 6.07) is 10.5. The zero-order chi connectivity index (χ0) is 11.8. The first-order chi connectivity index (χ1) is 7.77. The van der Waals surface area contributed by atoms with Gasteiger partial charge in [0.05, 0.1) is 12.9 Å². The molecule has 1 aromatic carbocycles. The van der Waals surface area contributed by atoms with Crippen molar-refractivity contribution in [1.82, 2.24) is 5.32 Å². The zero-order valence-electron chi connectivity index (χ0n) is 9.60. The van der Waals surface area contributed by atoms with Crippen molar-refractivity contribution in [2.24, 2.45) is 0 Å². The maximum absolute atomic E-state index is 11.0. The van der Waals surface area contributed by atoms with Crippen molar-refractivity contribution in [2.75, 3.05) is 25.7 Å². The van der Waals surface area contributed by atoms with Crippen LogP contribution in [0.5, 0.6) is 0 Å². The lowest BCUT2D eigenvalue weighted by atomic mass is 10.1. The van der Waals surface area contributed by atoms with Crippen molar-refractivity contribution >= 4 is 17.7 Å². The minimum Gasteiger partial charge on any atom is -0.468 e. The number of rotatable bonds is 6. The van der Waals surface area contributed by atoms with Gasteiger partial charge in [0.15, 0.2) is 0 Å². The number of esters is 1. The fourth-order valence-corrected chi connectivity index (χ4v) is 2.35. The van der Waals surface area contributed by atoms with Gasteiger partial charge in [-0.3, -0.25) is 4.79 Å². The standard InChI is InChI=1S/C12H17NO2S/c1-13-11(8-16-9-12(14)15-2)10-6-4-3-5-7-10/h3-7,11,13H,8-9H2,1-2H3. The molecule has 1 unspecified atom stereocenters. The molecule has 88 valence electrons. The van der Waals surface area contributed by atoms with E-state index in [1.54, 1.807) is 11.8 Å². The van der Waals surface area contributed by atoms with Gasteiger partial charge in [-0.05, 0) is 12.6 Å². The third-order valence-corrected chi connectivity index (χ3v) is 3.29. The Balaban J connectivity index is 2.41. The molecule has 0 heterocycles. The molecule has 0 amide bonds. The van der Waals surface area contributed by atoms with Crippen molar-refractivity contribution in [3.05, 3.63) is 35.9 Å². The van der Waals surface area contributed by atoms with Crippen molar-refractivity contribution in [3.8, 4) is 0 Å². The molecular weight excluding hydrogens is 222 g/mol. The van der Waals surface area contributed by atoms with Crippen LogP contribution in [-0.2, 0) is 9.53 Å². The summed E-state index contributed by atoms with van der Waals surface area (Å²) < 4.78 is 4.59. The van der Waals surface area contributed by atoms with Gasteiger partial charge in [-0.25, -0.2) is 0 Å². The number of hydrogen-bond donors (Lipinski definition) is 1. The van der Waals surface area contributed by atoms with Crippen LogP contribution in [0.25, 0.3) is 0 Å². The molecule has 0 spiro atoms. The van der Waals surface area contributed by atoms with E-state index in [2.05, 4.69) is 22.2 Å². The Bertz CT molecular complexity index is 316. The van der Waals surface area contributed by atoms with Crippen LogP contribution < -0.4 is 5.32 Å². The topological polar surface area (TPSA) is 38.3 Å². The monoisotopic (exact) mass is 239 g/mol. The van der Waals surface area contributed by atoms with Gasteiger partial charge in [-0.15, -0.1) is 11.8 Å². The van der Waals surface area contributed by atoms with E-state index >= 15 is 0 Å². The lowest BCUT2D eigenvalue weighted by Gasteiger charge is -2.15. The summed E-state index contributed by atoms with van der Waals surface area (Å²) in [5.74, 6) is 1.09. The molecule has 0 fully saturated rings. The normalized spacial score (nSPS) is 12.1. The van der Waals surface area contributed by atoms with E-state index in [0.29, 0.717) is 5.75 Å². The summed E-state index contributed by atoms with van der Waals surface area (Å²) >= 11 is 1.58. The Kier molecular flexibility index (Phi) is 5.96. The molecule has 0 aliphatic rings. The van der Waals surface area contributed by atoms with Crippen molar-refractivity contribution < 1.29 is 9.53 Å². The predicted octanol–water partition coefficient (Wildman–Crippen LogP) is 1.85. The Morgan fingerprint density at radius 2 is 2.12 bits per heavy atom. The summed E-state index contributed by atoms with van der Waals surface area (Å²) in [4.78, 5) is 11.0. The number of nitrogens with one attached hydrogen (secondary N) is 1. The van der Waals surface area contributed by atoms with Gasteiger partial charge in [0.1, 0.15) is 0 Å². The quantitative estimate of drug-likeness (QED) is 0.769. The van der Waals surface area contributed by atoms with Gasteiger partial charge in [-0.2, -0.15) is 0 Å². The number of methoxy groups -OCH3 is 1. The van der Waals surface area contributed by atoms with Gasteiger partial charge < -0.3 is 10.1 Å². The second-order valence-electron chi connectivity index (χ2n) is 3.34. The van der Waals surface area contributed by atoms with Crippen LogP contribution in [0.15, 0.2) is 30.3 Å². The highest BCUT2D eigenvalue weighted by Gasteiger charge is 2.09. The summed E-state index contributed by atoms with van der Waals surface area (Å²) in [7, 11) is 3.34.